The number of benzene rings is 1. The molecule has 0 N–H and O–H groups in total. The molecule has 1 fully saturated rings. The number of carbonyl (C=O) groups is 1. The minimum atomic E-state index is -3.11. The molecule has 5 nitrogen and oxygen atoms in total. The van der Waals surface area contributed by atoms with E-state index in [4.69, 9.17) is 4.42 Å². The fraction of sp³-hybridized carbons (Fsp3) is 0.381. The van der Waals surface area contributed by atoms with Gasteiger partial charge in [-0.1, -0.05) is 11.6 Å². The summed E-state index contributed by atoms with van der Waals surface area (Å²) in [5.41, 5.74) is 3.69. The number of carbonyl (C=O) groups excluding carboxylic acids is 1. The van der Waals surface area contributed by atoms with Gasteiger partial charge in [0.2, 0.25) is 0 Å². The van der Waals surface area contributed by atoms with Crippen LogP contribution in [0, 0.1) is 20.8 Å². The fourth-order valence-corrected chi connectivity index (χ4v) is 6.41. The highest BCUT2D eigenvalue weighted by molar-refractivity contribution is 7.91. The highest BCUT2D eigenvalue weighted by Gasteiger charge is 2.37. The molecule has 0 saturated carbocycles. The van der Waals surface area contributed by atoms with Crippen LogP contribution in [0.2, 0.25) is 0 Å². The minimum Gasteiger partial charge on any atom is -0.451 e. The maximum atomic E-state index is 13.5. The molecule has 0 bridgehead atoms. The standard InChI is InChI=1S/C21H23NO4S2/c1-13-4-5-18-17(10-13)15(3)20(26-18)21(23)22(11-19-14(2)6-8-27-19)16-7-9-28(24,25)12-16/h4-6,8,10,16H,7,9,11-12H2,1-3H3/t16-/m1/s1. The van der Waals surface area contributed by atoms with Gasteiger partial charge in [-0.25, -0.2) is 8.42 Å². The molecule has 0 unspecified atom stereocenters. The average Bonchev–Trinajstić information content (AvgIpc) is 3.30. The van der Waals surface area contributed by atoms with Crippen LogP contribution in [0.5, 0.6) is 0 Å². The zero-order valence-corrected chi connectivity index (χ0v) is 17.8. The van der Waals surface area contributed by atoms with E-state index >= 15 is 0 Å². The van der Waals surface area contributed by atoms with E-state index in [1.165, 1.54) is 0 Å². The van der Waals surface area contributed by atoms with Crippen LogP contribution in [-0.4, -0.2) is 36.8 Å². The Hall–Kier alpha value is -2.12. The van der Waals surface area contributed by atoms with Crippen molar-refractivity contribution in [3.63, 3.8) is 0 Å². The third-order valence-corrected chi connectivity index (χ3v) is 8.24. The van der Waals surface area contributed by atoms with Crippen LogP contribution in [0.4, 0.5) is 0 Å². The lowest BCUT2D eigenvalue weighted by atomic mass is 10.1. The second-order valence-corrected chi connectivity index (χ2v) is 10.8. The van der Waals surface area contributed by atoms with Crippen molar-refractivity contribution in [1.29, 1.82) is 0 Å². The summed E-state index contributed by atoms with van der Waals surface area (Å²) in [6, 6.07) is 7.54. The van der Waals surface area contributed by atoms with E-state index in [-0.39, 0.29) is 23.5 Å². The van der Waals surface area contributed by atoms with Crippen molar-refractivity contribution in [3.05, 3.63) is 57.0 Å². The highest BCUT2D eigenvalue weighted by Crippen LogP contribution is 2.30. The number of amides is 1. The van der Waals surface area contributed by atoms with Crippen LogP contribution >= 0.6 is 11.3 Å². The number of fused-ring (bicyclic) bond motifs is 1. The molecule has 148 valence electrons. The third-order valence-electron chi connectivity index (χ3n) is 5.48. The van der Waals surface area contributed by atoms with Crippen LogP contribution in [0.3, 0.4) is 0 Å². The lowest BCUT2D eigenvalue weighted by Gasteiger charge is -2.27. The van der Waals surface area contributed by atoms with Crippen molar-refractivity contribution in [2.45, 2.75) is 39.8 Å². The van der Waals surface area contributed by atoms with Gasteiger partial charge in [0.25, 0.3) is 5.91 Å². The van der Waals surface area contributed by atoms with E-state index in [2.05, 4.69) is 0 Å². The first kappa shape index (κ1) is 19.2. The number of nitrogens with zero attached hydrogens (tertiary/aromatic N) is 1. The van der Waals surface area contributed by atoms with Gasteiger partial charge in [0, 0.05) is 21.9 Å². The summed E-state index contributed by atoms with van der Waals surface area (Å²) in [5.74, 6) is 0.213. The first-order valence-corrected chi connectivity index (χ1v) is 12.0. The Morgan fingerprint density at radius 3 is 2.68 bits per heavy atom. The van der Waals surface area contributed by atoms with Crippen molar-refractivity contribution in [3.8, 4) is 0 Å². The average molecular weight is 418 g/mol. The van der Waals surface area contributed by atoms with Crippen molar-refractivity contribution in [2.24, 2.45) is 0 Å². The van der Waals surface area contributed by atoms with Crippen LogP contribution in [0.1, 0.15) is 38.5 Å². The molecule has 1 saturated heterocycles. The van der Waals surface area contributed by atoms with Gasteiger partial charge in [-0.05, 0) is 56.3 Å². The first-order valence-electron chi connectivity index (χ1n) is 9.29. The summed E-state index contributed by atoms with van der Waals surface area (Å²) in [6.07, 6.45) is 0.469. The van der Waals surface area contributed by atoms with Gasteiger partial charge in [0.05, 0.1) is 18.1 Å². The Bertz CT molecular complexity index is 1160. The molecule has 2 aromatic heterocycles. The molecular formula is C21H23NO4S2. The molecule has 1 aliphatic heterocycles. The number of hydrogen-bond acceptors (Lipinski definition) is 5. The summed E-state index contributed by atoms with van der Waals surface area (Å²) in [6.45, 7) is 6.30. The van der Waals surface area contributed by atoms with Gasteiger partial charge >= 0.3 is 0 Å². The zero-order valence-electron chi connectivity index (χ0n) is 16.2. The van der Waals surface area contributed by atoms with Gasteiger partial charge in [0.1, 0.15) is 5.58 Å². The third kappa shape index (κ3) is 3.49. The Labute approximate surface area is 168 Å². The van der Waals surface area contributed by atoms with E-state index < -0.39 is 9.84 Å². The quantitative estimate of drug-likeness (QED) is 0.636. The largest absolute Gasteiger partial charge is 0.451 e. The Kier molecular flexibility index (Phi) is 4.83. The second-order valence-electron chi connectivity index (χ2n) is 7.57. The van der Waals surface area contributed by atoms with Crippen molar-refractivity contribution >= 4 is 38.1 Å². The van der Waals surface area contributed by atoms with Crippen molar-refractivity contribution in [1.82, 2.24) is 4.90 Å². The number of sulfone groups is 1. The zero-order chi connectivity index (χ0) is 20.1. The minimum absolute atomic E-state index is 0.0154. The van der Waals surface area contributed by atoms with E-state index in [1.54, 1.807) is 16.2 Å². The molecule has 4 rings (SSSR count). The van der Waals surface area contributed by atoms with Crippen LogP contribution in [0.25, 0.3) is 11.0 Å². The van der Waals surface area contributed by atoms with Crippen molar-refractivity contribution < 1.29 is 17.6 Å². The number of thiophene rings is 1. The maximum absolute atomic E-state index is 13.5. The monoisotopic (exact) mass is 417 g/mol. The van der Waals surface area contributed by atoms with Gasteiger partial charge in [-0.15, -0.1) is 11.3 Å². The van der Waals surface area contributed by atoms with E-state index in [0.29, 0.717) is 24.3 Å². The number of furan rings is 1. The Morgan fingerprint density at radius 1 is 1.25 bits per heavy atom. The van der Waals surface area contributed by atoms with Gasteiger partial charge in [-0.2, -0.15) is 0 Å². The number of aryl methyl sites for hydroxylation is 3. The molecule has 7 heteroatoms. The van der Waals surface area contributed by atoms with Gasteiger partial charge in [-0.3, -0.25) is 4.79 Å². The first-order chi connectivity index (χ1) is 13.2. The smallest absolute Gasteiger partial charge is 0.290 e. The topological polar surface area (TPSA) is 67.6 Å². The Morgan fingerprint density at radius 2 is 2.04 bits per heavy atom. The molecule has 0 radical (unpaired) electrons. The lowest BCUT2D eigenvalue weighted by molar-refractivity contribution is 0.0651. The predicted molar refractivity (Wildman–Crippen MR) is 112 cm³/mol. The van der Waals surface area contributed by atoms with E-state index in [1.807, 2.05) is 50.4 Å². The fourth-order valence-electron chi connectivity index (χ4n) is 3.78. The predicted octanol–water partition coefficient (Wildman–Crippen LogP) is 4.25. The normalized spacial score (nSPS) is 18.6. The lowest BCUT2D eigenvalue weighted by Crippen LogP contribution is -2.40. The van der Waals surface area contributed by atoms with Gasteiger partial charge < -0.3 is 9.32 Å². The SMILES string of the molecule is Cc1ccc2oc(C(=O)N(Cc3sccc3C)[C@@H]3CCS(=O)(=O)C3)c(C)c2c1. The maximum Gasteiger partial charge on any atom is 0.290 e. The molecule has 3 aromatic rings. The highest BCUT2D eigenvalue weighted by atomic mass is 32.2. The van der Waals surface area contributed by atoms with Crippen molar-refractivity contribution in [2.75, 3.05) is 11.5 Å². The Balaban J connectivity index is 1.74. The summed E-state index contributed by atoms with van der Waals surface area (Å²) in [7, 11) is -3.11. The van der Waals surface area contributed by atoms with Crippen LogP contribution < -0.4 is 0 Å². The summed E-state index contributed by atoms with van der Waals surface area (Å²) >= 11 is 1.59. The number of rotatable bonds is 4. The molecule has 1 aromatic carbocycles. The van der Waals surface area contributed by atoms with E-state index in [9.17, 15) is 13.2 Å². The summed E-state index contributed by atoms with van der Waals surface area (Å²) in [4.78, 5) is 16.3. The summed E-state index contributed by atoms with van der Waals surface area (Å²) in [5, 5.41) is 2.92. The molecule has 0 aliphatic carbocycles. The van der Waals surface area contributed by atoms with Crippen LogP contribution in [0.15, 0.2) is 34.1 Å². The summed E-state index contributed by atoms with van der Waals surface area (Å²) < 4.78 is 30.0. The van der Waals surface area contributed by atoms with Crippen LogP contribution in [-0.2, 0) is 16.4 Å². The molecule has 1 amide bonds. The number of hydrogen-bond donors (Lipinski definition) is 0. The molecule has 1 aliphatic rings. The van der Waals surface area contributed by atoms with E-state index in [0.717, 1.165) is 27.0 Å². The molecule has 1 atom stereocenters. The molecule has 3 heterocycles. The molecule has 28 heavy (non-hydrogen) atoms. The second kappa shape index (κ2) is 7.04. The van der Waals surface area contributed by atoms with Gasteiger partial charge in [0.15, 0.2) is 15.6 Å². The molecular weight excluding hydrogens is 394 g/mol. The molecule has 0 spiro atoms.